The summed E-state index contributed by atoms with van der Waals surface area (Å²) in [6.07, 6.45) is 9.11. The molecule has 0 aliphatic heterocycles. The second kappa shape index (κ2) is 4.51. The lowest BCUT2D eigenvalue weighted by Crippen LogP contribution is -2.07. The van der Waals surface area contributed by atoms with Crippen LogP contribution in [0.4, 0.5) is 0 Å². The molecule has 1 rings (SSSR count). The predicted molar refractivity (Wildman–Crippen MR) is 59.5 cm³/mol. The zero-order chi connectivity index (χ0) is 10.6. The normalized spacial score (nSPS) is 21.1. The van der Waals surface area contributed by atoms with Crippen LogP contribution in [0.25, 0.3) is 0 Å². The first kappa shape index (κ1) is 10.4. The van der Waals surface area contributed by atoms with E-state index < -0.39 is 0 Å². The molecular formula is C12H13NO. The minimum Gasteiger partial charge on any atom is -0.294 e. The minimum absolute atomic E-state index is 0.0103. The van der Waals surface area contributed by atoms with Gasteiger partial charge >= 0.3 is 0 Å². The number of hydrogen-bond acceptors (Lipinski definition) is 2. The van der Waals surface area contributed by atoms with E-state index in [2.05, 4.69) is 11.6 Å². The standard InChI is InChI=1S/C12H13NO/c1-4-10(9(2)14)11-7-5-6-8-12(11)13-3/h4-8H,1H2,2-3H3/b11-10+,13-12?. The van der Waals surface area contributed by atoms with Gasteiger partial charge in [0.2, 0.25) is 0 Å². The molecule has 0 amide bonds. The Balaban J connectivity index is 3.29. The summed E-state index contributed by atoms with van der Waals surface area (Å²) in [5.74, 6) is 0.0103. The number of hydrogen-bond donors (Lipinski definition) is 0. The number of carbonyl (C=O) groups excluding carboxylic acids is 1. The molecule has 0 radical (unpaired) electrons. The molecule has 2 heteroatoms. The average molecular weight is 187 g/mol. The highest BCUT2D eigenvalue weighted by molar-refractivity contribution is 6.17. The van der Waals surface area contributed by atoms with E-state index in [0.717, 1.165) is 11.3 Å². The molecule has 1 aliphatic rings. The maximum absolute atomic E-state index is 11.3. The lowest BCUT2D eigenvalue weighted by molar-refractivity contribution is -0.113. The molecule has 1 aliphatic carbocycles. The van der Waals surface area contributed by atoms with E-state index in [4.69, 9.17) is 0 Å². The third-order valence-corrected chi connectivity index (χ3v) is 2.02. The highest BCUT2D eigenvalue weighted by Crippen LogP contribution is 2.15. The Morgan fingerprint density at radius 2 is 2.07 bits per heavy atom. The monoisotopic (exact) mass is 187 g/mol. The zero-order valence-electron chi connectivity index (χ0n) is 8.45. The second-order valence-electron chi connectivity index (χ2n) is 2.91. The molecule has 14 heavy (non-hydrogen) atoms. The lowest BCUT2D eigenvalue weighted by Gasteiger charge is -2.09. The number of ketones is 1. The second-order valence-corrected chi connectivity index (χ2v) is 2.91. The van der Waals surface area contributed by atoms with E-state index in [1.807, 2.05) is 24.3 Å². The molecule has 0 N–H and O–H groups in total. The Kier molecular flexibility index (Phi) is 3.35. The number of rotatable bonds is 2. The van der Waals surface area contributed by atoms with Gasteiger partial charge in [-0.05, 0) is 13.0 Å². The van der Waals surface area contributed by atoms with E-state index in [1.165, 1.54) is 6.92 Å². The molecule has 0 aromatic rings. The molecule has 2 nitrogen and oxygen atoms in total. The fourth-order valence-corrected chi connectivity index (χ4v) is 1.34. The van der Waals surface area contributed by atoms with Crippen molar-refractivity contribution in [2.45, 2.75) is 6.92 Å². The van der Waals surface area contributed by atoms with Crippen molar-refractivity contribution in [3.8, 4) is 0 Å². The van der Waals surface area contributed by atoms with Gasteiger partial charge in [-0.15, -0.1) is 0 Å². The van der Waals surface area contributed by atoms with Gasteiger partial charge in [0.1, 0.15) is 0 Å². The van der Waals surface area contributed by atoms with Crippen molar-refractivity contribution in [1.29, 1.82) is 0 Å². The van der Waals surface area contributed by atoms with Crippen molar-refractivity contribution in [2.24, 2.45) is 4.99 Å². The smallest absolute Gasteiger partial charge is 0.160 e. The van der Waals surface area contributed by atoms with Crippen LogP contribution in [0.5, 0.6) is 0 Å². The summed E-state index contributed by atoms with van der Waals surface area (Å²) >= 11 is 0. The Morgan fingerprint density at radius 1 is 1.43 bits per heavy atom. The van der Waals surface area contributed by atoms with Crippen molar-refractivity contribution in [1.82, 2.24) is 0 Å². The van der Waals surface area contributed by atoms with Gasteiger partial charge in [-0.25, -0.2) is 0 Å². The van der Waals surface area contributed by atoms with E-state index in [0.29, 0.717) is 5.57 Å². The molecule has 0 aromatic carbocycles. The molecular weight excluding hydrogens is 174 g/mol. The van der Waals surface area contributed by atoms with E-state index >= 15 is 0 Å². The van der Waals surface area contributed by atoms with Gasteiger partial charge in [0, 0.05) is 18.2 Å². The van der Waals surface area contributed by atoms with Crippen molar-refractivity contribution < 1.29 is 4.79 Å². The van der Waals surface area contributed by atoms with Crippen LogP contribution >= 0.6 is 0 Å². The van der Waals surface area contributed by atoms with Crippen LogP contribution in [0.15, 0.2) is 53.1 Å². The Labute approximate surface area is 84.0 Å². The van der Waals surface area contributed by atoms with Gasteiger partial charge in [0.25, 0.3) is 0 Å². The van der Waals surface area contributed by atoms with Crippen molar-refractivity contribution >= 4 is 11.5 Å². The third-order valence-electron chi connectivity index (χ3n) is 2.02. The van der Waals surface area contributed by atoms with Gasteiger partial charge in [-0.1, -0.05) is 30.9 Å². The molecule has 0 atom stereocenters. The maximum atomic E-state index is 11.3. The fourth-order valence-electron chi connectivity index (χ4n) is 1.34. The Bertz CT molecular complexity index is 381. The predicted octanol–water partition coefficient (Wildman–Crippen LogP) is 2.25. The van der Waals surface area contributed by atoms with Gasteiger partial charge in [0.15, 0.2) is 5.78 Å². The first-order valence-corrected chi connectivity index (χ1v) is 4.40. The zero-order valence-corrected chi connectivity index (χ0v) is 8.45. The van der Waals surface area contributed by atoms with Crippen molar-refractivity contribution in [3.05, 3.63) is 48.1 Å². The molecule has 0 saturated heterocycles. The summed E-state index contributed by atoms with van der Waals surface area (Å²) in [6.45, 7) is 5.17. The number of carbonyl (C=O) groups is 1. The van der Waals surface area contributed by atoms with Gasteiger partial charge in [0.05, 0.1) is 5.71 Å². The SMILES string of the molecule is C=C/C(C(C)=O)=C1/C=CC=CC1=NC. The highest BCUT2D eigenvalue weighted by atomic mass is 16.1. The van der Waals surface area contributed by atoms with Crippen LogP contribution < -0.4 is 0 Å². The van der Waals surface area contributed by atoms with Crippen LogP contribution in [-0.4, -0.2) is 18.5 Å². The molecule has 0 spiro atoms. The van der Waals surface area contributed by atoms with Crippen LogP contribution in [0.1, 0.15) is 6.92 Å². The molecule has 0 bridgehead atoms. The number of aliphatic imine (C=N–C) groups is 1. The molecule has 72 valence electrons. The summed E-state index contributed by atoms with van der Waals surface area (Å²) in [5.41, 5.74) is 2.28. The number of nitrogens with zero attached hydrogens (tertiary/aromatic N) is 1. The quantitative estimate of drug-likeness (QED) is 0.610. The molecule has 0 unspecified atom stereocenters. The Morgan fingerprint density at radius 3 is 2.57 bits per heavy atom. The summed E-state index contributed by atoms with van der Waals surface area (Å²) in [5, 5.41) is 0. The van der Waals surface area contributed by atoms with Crippen molar-refractivity contribution in [3.63, 3.8) is 0 Å². The molecule has 0 aromatic heterocycles. The molecule has 0 fully saturated rings. The Hall–Kier alpha value is -1.70. The summed E-state index contributed by atoms with van der Waals surface area (Å²) in [7, 11) is 1.71. The summed E-state index contributed by atoms with van der Waals surface area (Å²) in [4.78, 5) is 15.4. The van der Waals surface area contributed by atoms with Crippen LogP contribution in [0, 0.1) is 0 Å². The summed E-state index contributed by atoms with van der Waals surface area (Å²) < 4.78 is 0. The summed E-state index contributed by atoms with van der Waals surface area (Å²) in [6, 6.07) is 0. The first-order valence-electron chi connectivity index (χ1n) is 4.40. The molecule has 0 saturated carbocycles. The van der Waals surface area contributed by atoms with Gasteiger partial charge in [-0.2, -0.15) is 0 Å². The van der Waals surface area contributed by atoms with Gasteiger partial charge in [-0.3, -0.25) is 9.79 Å². The minimum atomic E-state index is 0.0103. The third kappa shape index (κ3) is 1.96. The van der Waals surface area contributed by atoms with E-state index in [-0.39, 0.29) is 5.78 Å². The number of Topliss-reactive ketones (excluding diaryl/α,β-unsaturated/α-hetero) is 1. The van der Waals surface area contributed by atoms with Crippen LogP contribution in [0.3, 0.4) is 0 Å². The van der Waals surface area contributed by atoms with Crippen LogP contribution in [0.2, 0.25) is 0 Å². The van der Waals surface area contributed by atoms with Crippen LogP contribution in [-0.2, 0) is 4.79 Å². The topological polar surface area (TPSA) is 29.4 Å². The first-order chi connectivity index (χ1) is 6.70. The van der Waals surface area contributed by atoms with E-state index in [9.17, 15) is 4.79 Å². The molecule has 0 heterocycles. The maximum Gasteiger partial charge on any atom is 0.160 e. The largest absolute Gasteiger partial charge is 0.294 e. The van der Waals surface area contributed by atoms with E-state index in [1.54, 1.807) is 13.1 Å². The lowest BCUT2D eigenvalue weighted by atomic mass is 9.97. The number of allylic oxidation sites excluding steroid dienone is 7. The van der Waals surface area contributed by atoms with Crippen molar-refractivity contribution in [2.75, 3.05) is 7.05 Å². The average Bonchev–Trinajstić information content (AvgIpc) is 2.19. The van der Waals surface area contributed by atoms with Gasteiger partial charge < -0.3 is 0 Å². The highest BCUT2D eigenvalue weighted by Gasteiger charge is 2.11. The fraction of sp³-hybridized carbons (Fsp3) is 0.167.